The summed E-state index contributed by atoms with van der Waals surface area (Å²) >= 11 is 0. The second-order valence-corrected chi connectivity index (χ2v) is 10.2. The molecule has 2 N–H and O–H groups in total. The molecule has 0 spiro atoms. The molecular weight excluding hydrogens is 420 g/mol. The van der Waals surface area contributed by atoms with Gasteiger partial charge in [-0.1, -0.05) is 62.8 Å². The Balaban J connectivity index is 1.59. The number of anilines is 3. The molecule has 0 unspecified atom stereocenters. The lowest BCUT2D eigenvalue weighted by Gasteiger charge is -2.37. The zero-order valence-electron chi connectivity index (χ0n) is 20.3. The number of imidazole rings is 1. The molecule has 0 bridgehead atoms. The second-order valence-electron chi connectivity index (χ2n) is 10.2. The summed E-state index contributed by atoms with van der Waals surface area (Å²) < 4.78 is 1.99. The fraction of sp³-hybridized carbons (Fsp3) is 0.483. The molecule has 0 radical (unpaired) electrons. The minimum atomic E-state index is 0.0105. The monoisotopic (exact) mass is 458 g/mol. The molecule has 2 aliphatic rings. The number of hydrogen-bond donors (Lipinski definition) is 2. The number of nitrogens with zero attached hydrogens (tertiary/aromatic N) is 2. The summed E-state index contributed by atoms with van der Waals surface area (Å²) in [6.45, 7) is 5.69. The molecule has 0 aliphatic heterocycles. The molecule has 0 saturated heterocycles. The van der Waals surface area contributed by atoms with E-state index in [2.05, 4.69) is 46.0 Å². The number of nitrogens with one attached hydrogen (secondary N) is 2. The Hall–Kier alpha value is -2.95. The van der Waals surface area contributed by atoms with Gasteiger partial charge in [0.25, 0.3) is 0 Å². The lowest BCUT2D eigenvalue weighted by atomic mass is 9.89. The number of hydrogen-bond acceptors (Lipinski definition) is 3. The summed E-state index contributed by atoms with van der Waals surface area (Å²) in [5, 5.41) is 3.65. The van der Waals surface area contributed by atoms with Gasteiger partial charge in [0.15, 0.2) is 0 Å². The Kier molecular flexibility index (Phi) is 7.08. The van der Waals surface area contributed by atoms with Crippen molar-refractivity contribution in [3.63, 3.8) is 0 Å². The fourth-order valence-electron chi connectivity index (χ4n) is 5.99. The van der Waals surface area contributed by atoms with Crippen LogP contribution < -0.4 is 15.9 Å². The van der Waals surface area contributed by atoms with E-state index in [1.165, 1.54) is 69.9 Å². The first-order valence-corrected chi connectivity index (χ1v) is 13.2. The van der Waals surface area contributed by atoms with Crippen molar-refractivity contribution in [3.8, 4) is 0 Å². The van der Waals surface area contributed by atoms with Gasteiger partial charge in [-0.05, 0) is 55.9 Å². The topological polar surface area (TPSA) is 53.1 Å². The van der Waals surface area contributed by atoms with Crippen LogP contribution in [-0.2, 0) is 6.54 Å². The first-order chi connectivity index (χ1) is 16.7. The first kappa shape index (κ1) is 22.8. The van der Waals surface area contributed by atoms with Crippen LogP contribution in [-0.4, -0.2) is 22.1 Å². The van der Waals surface area contributed by atoms with Crippen LogP contribution in [0.25, 0.3) is 11.0 Å². The van der Waals surface area contributed by atoms with Gasteiger partial charge in [0, 0.05) is 24.8 Å². The Labute approximate surface area is 202 Å². The van der Waals surface area contributed by atoms with Crippen molar-refractivity contribution in [2.45, 2.75) is 76.8 Å². The van der Waals surface area contributed by atoms with E-state index >= 15 is 0 Å². The summed E-state index contributed by atoms with van der Waals surface area (Å²) in [6.07, 6.45) is 14.7. The highest BCUT2D eigenvalue weighted by Crippen LogP contribution is 2.37. The molecule has 5 rings (SSSR count). The van der Waals surface area contributed by atoms with Crippen LogP contribution >= 0.6 is 0 Å². The van der Waals surface area contributed by atoms with E-state index < -0.39 is 0 Å². The van der Waals surface area contributed by atoms with Gasteiger partial charge in [0.1, 0.15) is 0 Å². The minimum Gasteiger partial charge on any atom is -0.363 e. The minimum absolute atomic E-state index is 0.0105. The third-order valence-corrected chi connectivity index (χ3v) is 7.76. The van der Waals surface area contributed by atoms with Crippen molar-refractivity contribution in [1.82, 2.24) is 9.55 Å². The van der Waals surface area contributed by atoms with Crippen LogP contribution in [0.4, 0.5) is 17.1 Å². The second kappa shape index (κ2) is 10.5. The summed E-state index contributed by atoms with van der Waals surface area (Å²) in [5.41, 5.74) is 5.20. The van der Waals surface area contributed by atoms with E-state index in [1.807, 2.05) is 28.8 Å². The number of H-pyrrole nitrogens is 1. The largest absolute Gasteiger partial charge is 0.363 e. The average Bonchev–Trinajstić information content (AvgIpc) is 3.17. The molecule has 5 heteroatoms. The molecule has 5 nitrogen and oxygen atoms in total. The highest BCUT2D eigenvalue weighted by molar-refractivity contribution is 5.90. The van der Waals surface area contributed by atoms with Crippen LogP contribution in [0.5, 0.6) is 0 Å². The molecule has 2 aromatic carbocycles. The van der Waals surface area contributed by atoms with Gasteiger partial charge in [-0.3, -0.25) is 4.57 Å². The molecule has 2 fully saturated rings. The molecule has 180 valence electrons. The fourth-order valence-corrected chi connectivity index (χ4v) is 5.99. The van der Waals surface area contributed by atoms with Crippen molar-refractivity contribution in [3.05, 3.63) is 65.6 Å². The highest BCUT2D eigenvalue weighted by Gasteiger charge is 2.25. The van der Waals surface area contributed by atoms with Crippen molar-refractivity contribution in [1.29, 1.82) is 0 Å². The molecule has 2 aliphatic carbocycles. The zero-order valence-corrected chi connectivity index (χ0v) is 20.3. The third-order valence-electron chi connectivity index (χ3n) is 7.76. The van der Waals surface area contributed by atoms with Crippen LogP contribution in [0.1, 0.15) is 64.2 Å². The van der Waals surface area contributed by atoms with E-state index in [4.69, 9.17) is 0 Å². The van der Waals surface area contributed by atoms with E-state index in [1.54, 1.807) is 0 Å². The van der Waals surface area contributed by atoms with Crippen LogP contribution in [0.15, 0.2) is 59.9 Å². The molecule has 1 aromatic heterocycles. The van der Waals surface area contributed by atoms with Gasteiger partial charge in [-0.25, -0.2) is 4.79 Å². The number of benzene rings is 2. The first-order valence-electron chi connectivity index (χ1n) is 13.2. The smallest absolute Gasteiger partial charge is 0.326 e. The van der Waals surface area contributed by atoms with Crippen LogP contribution in [0, 0.1) is 5.92 Å². The van der Waals surface area contributed by atoms with Gasteiger partial charge < -0.3 is 15.2 Å². The maximum Gasteiger partial charge on any atom is 0.326 e. The van der Waals surface area contributed by atoms with Crippen molar-refractivity contribution >= 4 is 28.1 Å². The molecule has 34 heavy (non-hydrogen) atoms. The quantitative estimate of drug-likeness (QED) is 0.358. The van der Waals surface area contributed by atoms with Crippen LogP contribution in [0.3, 0.4) is 0 Å². The normalized spacial score (nSPS) is 17.6. The van der Waals surface area contributed by atoms with E-state index in [-0.39, 0.29) is 5.69 Å². The Bertz CT molecular complexity index is 1150. The van der Waals surface area contributed by atoms with Gasteiger partial charge >= 0.3 is 5.69 Å². The number of rotatable bonds is 8. The number of aromatic nitrogens is 2. The molecule has 0 amide bonds. The van der Waals surface area contributed by atoms with E-state index in [0.29, 0.717) is 12.0 Å². The lowest BCUT2D eigenvalue weighted by molar-refractivity contribution is 0.319. The van der Waals surface area contributed by atoms with Gasteiger partial charge in [0.2, 0.25) is 0 Å². The van der Waals surface area contributed by atoms with Crippen molar-refractivity contribution in [2.75, 3.05) is 16.8 Å². The molecule has 2 saturated carbocycles. The SMILES string of the molecule is C=CCN(c1cc2c(cc1Nc1ccccc1)[nH]c(=O)n2CC1CCCCC1)C1CCCCC1. The number of aromatic amines is 1. The summed E-state index contributed by atoms with van der Waals surface area (Å²) in [5.74, 6) is 0.596. The predicted octanol–water partition coefficient (Wildman–Crippen LogP) is 6.98. The maximum absolute atomic E-state index is 13.0. The Morgan fingerprint density at radius 1 is 1.00 bits per heavy atom. The number of fused-ring (bicyclic) bond motifs is 1. The summed E-state index contributed by atoms with van der Waals surface area (Å²) in [4.78, 5) is 18.7. The molecule has 0 atom stereocenters. The average molecular weight is 459 g/mol. The highest BCUT2D eigenvalue weighted by atomic mass is 16.1. The standard InChI is InChI=1S/C29H38N4O/c1-2-18-32(24-16-10-5-11-17-24)27-20-28-26(19-25(27)30-23-14-8-4-9-15-23)31-29(34)33(28)21-22-12-6-3-7-13-22/h2,4,8-9,14-15,19-20,22,24,30H,1,3,5-7,10-13,16-18,21H2,(H,31,34). The molecule has 3 aromatic rings. The van der Waals surface area contributed by atoms with Crippen LogP contribution in [0.2, 0.25) is 0 Å². The maximum atomic E-state index is 13.0. The van der Waals surface area contributed by atoms with Crippen molar-refractivity contribution < 1.29 is 0 Å². The molecular formula is C29H38N4O. The lowest BCUT2D eigenvalue weighted by Crippen LogP contribution is -2.37. The zero-order chi connectivity index (χ0) is 23.3. The number of para-hydroxylation sites is 1. The van der Waals surface area contributed by atoms with E-state index in [9.17, 15) is 4.79 Å². The van der Waals surface area contributed by atoms with Gasteiger partial charge in [-0.15, -0.1) is 6.58 Å². The summed E-state index contributed by atoms with van der Waals surface area (Å²) in [7, 11) is 0. The Morgan fingerprint density at radius 3 is 2.41 bits per heavy atom. The van der Waals surface area contributed by atoms with Gasteiger partial charge in [0.05, 0.1) is 22.4 Å². The molecule has 1 heterocycles. The van der Waals surface area contributed by atoms with Gasteiger partial charge in [-0.2, -0.15) is 0 Å². The summed E-state index contributed by atoms with van der Waals surface area (Å²) in [6, 6.07) is 15.2. The van der Waals surface area contributed by atoms with Crippen molar-refractivity contribution in [2.24, 2.45) is 5.92 Å². The van der Waals surface area contributed by atoms with E-state index in [0.717, 1.165) is 35.5 Å². The third kappa shape index (κ3) is 4.94. The Morgan fingerprint density at radius 2 is 1.71 bits per heavy atom. The predicted molar refractivity (Wildman–Crippen MR) is 143 cm³/mol.